The van der Waals surface area contributed by atoms with Crippen molar-refractivity contribution >= 4 is 17.6 Å². The monoisotopic (exact) mass is 397 g/mol. The minimum atomic E-state index is -0.341. The summed E-state index contributed by atoms with van der Waals surface area (Å²) < 4.78 is 20.2. The topological polar surface area (TPSA) is 44.8 Å². The summed E-state index contributed by atoms with van der Waals surface area (Å²) in [5, 5.41) is 3.40. The third-order valence-corrected chi connectivity index (χ3v) is 5.67. The number of carbonyl (C=O) groups is 1. The first-order valence-electron chi connectivity index (χ1n) is 9.82. The van der Waals surface area contributed by atoms with E-state index in [9.17, 15) is 9.18 Å². The molecule has 1 aliphatic carbocycles. The summed E-state index contributed by atoms with van der Waals surface area (Å²) in [6.45, 7) is 7.69. The molecule has 150 valence electrons. The molecule has 2 unspecified atom stereocenters. The minimum absolute atomic E-state index is 0.0597. The van der Waals surface area contributed by atoms with Gasteiger partial charge in [-0.05, 0) is 44.7 Å². The van der Waals surface area contributed by atoms with Crippen molar-refractivity contribution in [2.75, 3.05) is 39.3 Å². The third kappa shape index (κ3) is 5.33. The minimum Gasteiger partial charge on any atom is -0.376 e. The zero-order chi connectivity index (χ0) is 19.4. The molecule has 0 radical (unpaired) electrons. The summed E-state index contributed by atoms with van der Waals surface area (Å²) in [6, 6.07) is 4.31. The van der Waals surface area contributed by atoms with Crippen molar-refractivity contribution < 1.29 is 13.9 Å². The first-order chi connectivity index (χ1) is 13.0. The molecule has 1 N–H and O–H groups in total. The standard InChI is InChI=1S/C20H29ClFN3O2/c1-3-24(13-15-7-8-15)20(26)23-11-18(25-9-10-27-14(2)12-25)19-16(21)5-4-6-17(19)22/h4-6,14-15,18H,3,7-13H2,1-2H3,(H,23,26). The van der Waals surface area contributed by atoms with Gasteiger partial charge in [0.15, 0.2) is 0 Å². The van der Waals surface area contributed by atoms with Gasteiger partial charge < -0.3 is 15.0 Å². The summed E-state index contributed by atoms with van der Waals surface area (Å²) in [6.07, 6.45) is 2.45. The van der Waals surface area contributed by atoms with E-state index in [0.29, 0.717) is 49.3 Å². The van der Waals surface area contributed by atoms with E-state index in [-0.39, 0.29) is 24.0 Å². The highest BCUT2D eigenvalue weighted by atomic mass is 35.5. The van der Waals surface area contributed by atoms with Crippen LogP contribution in [0.4, 0.5) is 9.18 Å². The van der Waals surface area contributed by atoms with Gasteiger partial charge in [-0.3, -0.25) is 4.90 Å². The van der Waals surface area contributed by atoms with E-state index in [1.54, 1.807) is 12.1 Å². The van der Waals surface area contributed by atoms with Crippen molar-refractivity contribution in [2.24, 2.45) is 5.92 Å². The summed E-state index contributed by atoms with van der Waals surface area (Å²) in [5.41, 5.74) is 0.443. The van der Waals surface area contributed by atoms with Crippen LogP contribution in [0.2, 0.25) is 5.02 Å². The summed E-state index contributed by atoms with van der Waals surface area (Å²) in [4.78, 5) is 16.6. The normalized spacial score (nSPS) is 21.7. The number of hydrogen-bond donors (Lipinski definition) is 1. The lowest BCUT2D eigenvalue weighted by Gasteiger charge is -2.38. The van der Waals surface area contributed by atoms with Crippen molar-refractivity contribution in [3.8, 4) is 0 Å². The van der Waals surface area contributed by atoms with Gasteiger partial charge in [0.25, 0.3) is 0 Å². The SMILES string of the molecule is CCN(CC1CC1)C(=O)NCC(c1c(F)cccc1Cl)N1CCOC(C)C1. The van der Waals surface area contributed by atoms with Crippen LogP contribution >= 0.6 is 11.6 Å². The molecule has 27 heavy (non-hydrogen) atoms. The van der Waals surface area contributed by atoms with Crippen molar-refractivity contribution in [2.45, 2.75) is 38.8 Å². The molecule has 1 aromatic carbocycles. The molecular weight excluding hydrogens is 369 g/mol. The maximum absolute atomic E-state index is 14.6. The van der Waals surface area contributed by atoms with Crippen LogP contribution in [0.15, 0.2) is 18.2 Å². The van der Waals surface area contributed by atoms with Crippen LogP contribution in [0.25, 0.3) is 0 Å². The van der Waals surface area contributed by atoms with E-state index >= 15 is 0 Å². The van der Waals surface area contributed by atoms with E-state index in [4.69, 9.17) is 16.3 Å². The number of halogens is 2. The largest absolute Gasteiger partial charge is 0.376 e. The Morgan fingerprint density at radius 1 is 1.48 bits per heavy atom. The molecule has 1 saturated carbocycles. The predicted molar refractivity (Wildman–Crippen MR) is 105 cm³/mol. The number of nitrogens with zero attached hydrogens (tertiary/aromatic N) is 2. The average Bonchev–Trinajstić information content (AvgIpc) is 3.46. The van der Waals surface area contributed by atoms with Gasteiger partial charge in [-0.25, -0.2) is 9.18 Å². The highest BCUT2D eigenvalue weighted by Crippen LogP contribution is 2.32. The number of carbonyl (C=O) groups excluding carboxylic acids is 1. The second-order valence-electron chi connectivity index (χ2n) is 7.50. The van der Waals surface area contributed by atoms with Crippen molar-refractivity contribution in [3.05, 3.63) is 34.6 Å². The Balaban J connectivity index is 1.74. The highest BCUT2D eigenvalue weighted by Gasteiger charge is 2.31. The lowest BCUT2D eigenvalue weighted by molar-refractivity contribution is -0.0346. The predicted octanol–water partition coefficient (Wildman–Crippen LogP) is 3.68. The maximum atomic E-state index is 14.6. The fraction of sp³-hybridized carbons (Fsp3) is 0.650. The first kappa shape index (κ1) is 20.4. The molecule has 2 amide bonds. The van der Waals surface area contributed by atoms with E-state index < -0.39 is 0 Å². The lowest BCUT2D eigenvalue weighted by Crippen LogP contribution is -2.49. The molecular formula is C20H29ClFN3O2. The lowest BCUT2D eigenvalue weighted by atomic mass is 10.0. The Labute approximate surface area is 165 Å². The molecule has 1 heterocycles. The van der Waals surface area contributed by atoms with Crippen LogP contribution in [0.1, 0.15) is 38.3 Å². The molecule has 2 atom stereocenters. The Morgan fingerprint density at radius 2 is 2.26 bits per heavy atom. The summed E-state index contributed by atoms with van der Waals surface area (Å²) in [5.74, 6) is 0.291. The number of benzene rings is 1. The number of urea groups is 1. The molecule has 0 spiro atoms. The maximum Gasteiger partial charge on any atom is 0.317 e. The van der Waals surface area contributed by atoms with E-state index in [2.05, 4.69) is 10.2 Å². The molecule has 0 aromatic heterocycles. The second-order valence-corrected chi connectivity index (χ2v) is 7.90. The number of rotatable bonds is 7. The quantitative estimate of drug-likeness (QED) is 0.763. The van der Waals surface area contributed by atoms with Gasteiger partial charge in [-0.1, -0.05) is 17.7 Å². The third-order valence-electron chi connectivity index (χ3n) is 5.34. The molecule has 1 aliphatic heterocycles. The fourth-order valence-electron chi connectivity index (χ4n) is 3.63. The van der Waals surface area contributed by atoms with E-state index in [1.165, 1.54) is 18.9 Å². The molecule has 7 heteroatoms. The fourth-order valence-corrected chi connectivity index (χ4v) is 3.92. The smallest absolute Gasteiger partial charge is 0.317 e. The molecule has 1 saturated heterocycles. The van der Waals surface area contributed by atoms with Crippen molar-refractivity contribution in [3.63, 3.8) is 0 Å². The van der Waals surface area contributed by atoms with E-state index in [0.717, 1.165) is 6.54 Å². The highest BCUT2D eigenvalue weighted by molar-refractivity contribution is 6.31. The van der Waals surface area contributed by atoms with Crippen molar-refractivity contribution in [1.29, 1.82) is 0 Å². The number of nitrogens with one attached hydrogen (secondary N) is 1. The van der Waals surface area contributed by atoms with Gasteiger partial charge in [0, 0.05) is 43.3 Å². The number of ether oxygens (including phenoxy) is 1. The Bertz CT molecular complexity index is 636. The van der Waals surface area contributed by atoms with E-state index in [1.807, 2.05) is 18.7 Å². The molecule has 5 nitrogen and oxygen atoms in total. The summed E-state index contributed by atoms with van der Waals surface area (Å²) in [7, 11) is 0. The van der Waals surface area contributed by atoms with Crippen LogP contribution in [0.5, 0.6) is 0 Å². The first-order valence-corrected chi connectivity index (χ1v) is 10.2. The zero-order valence-electron chi connectivity index (χ0n) is 16.1. The van der Waals surface area contributed by atoms with Gasteiger partial charge in [0.1, 0.15) is 5.82 Å². The number of hydrogen-bond acceptors (Lipinski definition) is 3. The van der Waals surface area contributed by atoms with Gasteiger partial charge >= 0.3 is 6.03 Å². The Hall–Kier alpha value is -1.37. The Morgan fingerprint density at radius 3 is 2.89 bits per heavy atom. The van der Waals surface area contributed by atoms with Gasteiger partial charge in [-0.15, -0.1) is 0 Å². The Kier molecular flexibility index (Phi) is 6.95. The molecule has 3 rings (SSSR count). The van der Waals surface area contributed by atoms with Gasteiger partial charge in [0.05, 0.1) is 18.8 Å². The van der Waals surface area contributed by atoms with Crippen LogP contribution < -0.4 is 5.32 Å². The number of morpholine rings is 1. The van der Waals surface area contributed by atoms with Crippen LogP contribution in [-0.4, -0.2) is 61.3 Å². The second kappa shape index (κ2) is 9.22. The number of amides is 2. The van der Waals surface area contributed by atoms with Crippen LogP contribution in [-0.2, 0) is 4.74 Å². The van der Waals surface area contributed by atoms with Gasteiger partial charge in [0.2, 0.25) is 0 Å². The zero-order valence-corrected chi connectivity index (χ0v) is 16.8. The molecule has 2 fully saturated rings. The summed E-state index contributed by atoms with van der Waals surface area (Å²) >= 11 is 6.34. The van der Waals surface area contributed by atoms with Gasteiger partial charge in [-0.2, -0.15) is 0 Å². The van der Waals surface area contributed by atoms with Crippen LogP contribution in [0.3, 0.4) is 0 Å². The van der Waals surface area contributed by atoms with Crippen molar-refractivity contribution in [1.82, 2.24) is 15.1 Å². The molecule has 0 bridgehead atoms. The average molecular weight is 398 g/mol. The molecule has 1 aromatic rings. The van der Waals surface area contributed by atoms with Crippen LogP contribution in [0, 0.1) is 11.7 Å². The molecule has 2 aliphatic rings.